The number of carbonyl (C=O) groups is 4. The molecule has 2 saturated heterocycles. The molecule has 3 rings (SSSR count). The second kappa shape index (κ2) is 7.54. The van der Waals surface area contributed by atoms with E-state index >= 15 is 0 Å². The van der Waals surface area contributed by atoms with Gasteiger partial charge in [-0.25, -0.2) is 0 Å². The van der Waals surface area contributed by atoms with Crippen LogP contribution in [0.25, 0.3) is 0 Å². The molecule has 28 heavy (non-hydrogen) atoms. The van der Waals surface area contributed by atoms with E-state index in [9.17, 15) is 19.2 Å². The van der Waals surface area contributed by atoms with Crippen molar-refractivity contribution in [1.82, 2.24) is 9.80 Å². The summed E-state index contributed by atoms with van der Waals surface area (Å²) in [5.74, 6) is -3.56. The first-order chi connectivity index (χ1) is 13.4. The molecule has 1 saturated carbocycles. The van der Waals surface area contributed by atoms with Gasteiger partial charge in [0.2, 0.25) is 23.6 Å². The number of rotatable bonds is 5. The third-order valence-corrected chi connectivity index (χ3v) is 5.78. The summed E-state index contributed by atoms with van der Waals surface area (Å²) >= 11 is 0. The molecule has 0 N–H and O–H groups in total. The summed E-state index contributed by atoms with van der Waals surface area (Å²) in [5, 5.41) is 0. The molecule has 4 amide bonds. The molecule has 1 aliphatic carbocycles. The van der Waals surface area contributed by atoms with E-state index in [4.69, 9.17) is 0 Å². The van der Waals surface area contributed by atoms with Crippen LogP contribution in [0.2, 0.25) is 0 Å². The first kappa shape index (κ1) is 19.7. The number of hydrogen-bond donors (Lipinski definition) is 0. The summed E-state index contributed by atoms with van der Waals surface area (Å²) in [5.41, 5.74) is 0.896. The van der Waals surface area contributed by atoms with Crippen molar-refractivity contribution in [2.24, 2.45) is 23.7 Å². The molecule has 0 spiro atoms. The van der Waals surface area contributed by atoms with Gasteiger partial charge in [0.05, 0.1) is 29.4 Å². The van der Waals surface area contributed by atoms with Crippen molar-refractivity contribution < 1.29 is 19.2 Å². The predicted octanol–water partition coefficient (Wildman–Crippen LogP) is 2.72. The maximum atomic E-state index is 13.0. The van der Waals surface area contributed by atoms with E-state index in [1.54, 1.807) is 31.2 Å². The van der Waals surface area contributed by atoms with Crippen molar-refractivity contribution in [3.8, 4) is 0 Å². The van der Waals surface area contributed by atoms with E-state index in [1.807, 2.05) is 6.92 Å². The van der Waals surface area contributed by atoms with Gasteiger partial charge in [-0.15, -0.1) is 0 Å². The van der Waals surface area contributed by atoms with Gasteiger partial charge in [-0.3, -0.25) is 29.0 Å². The lowest BCUT2D eigenvalue weighted by atomic mass is 9.70. The molecule has 2 heterocycles. The van der Waals surface area contributed by atoms with Gasteiger partial charge < -0.3 is 0 Å². The summed E-state index contributed by atoms with van der Waals surface area (Å²) in [4.78, 5) is 54.1. The van der Waals surface area contributed by atoms with Gasteiger partial charge in [0.15, 0.2) is 0 Å². The van der Waals surface area contributed by atoms with Gasteiger partial charge in [-0.05, 0) is 44.9 Å². The molecule has 6 nitrogen and oxygen atoms in total. The Morgan fingerprint density at radius 1 is 0.821 bits per heavy atom. The fourth-order valence-corrected chi connectivity index (χ4v) is 4.51. The quantitative estimate of drug-likeness (QED) is 0.543. The first-order valence-corrected chi connectivity index (χ1v) is 9.41. The SMILES string of the molecule is C=C/C=C(\C=C)N1C(=O)C2CC3C(=O)N(C(/C=C\C)=C/C)C(=O)C3CC2C1=O. The molecule has 0 aromatic carbocycles. The van der Waals surface area contributed by atoms with Crippen LogP contribution >= 0.6 is 0 Å². The van der Waals surface area contributed by atoms with Crippen molar-refractivity contribution >= 4 is 23.6 Å². The smallest absolute Gasteiger partial charge is 0.237 e. The summed E-state index contributed by atoms with van der Waals surface area (Å²) in [7, 11) is 0. The molecular weight excluding hydrogens is 356 g/mol. The van der Waals surface area contributed by atoms with E-state index in [0.29, 0.717) is 11.4 Å². The number of fused-ring (bicyclic) bond motifs is 2. The molecule has 2 aliphatic heterocycles. The Morgan fingerprint density at radius 2 is 1.25 bits per heavy atom. The van der Waals surface area contributed by atoms with Crippen LogP contribution in [0.4, 0.5) is 0 Å². The van der Waals surface area contributed by atoms with Crippen LogP contribution < -0.4 is 0 Å². The second-order valence-electron chi connectivity index (χ2n) is 7.17. The predicted molar refractivity (Wildman–Crippen MR) is 104 cm³/mol. The average Bonchev–Trinajstić information content (AvgIpc) is 3.08. The lowest BCUT2D eigenvalue weighted by Crippen LogP contribution is -2.35. The average molecular weight is 380 g/mol. The van der Waals surface area contributed by atoms with E-state index in [-0.39, 0.29) is 36.5 Å². The van der Waals surface area contributed by atoms with Gasteiger partial charge in [-0.2, -0.15) is 0 Å². The van der Waals surface area contributed by atoms with E-state index in [2.05, 4.69) is 13.2 Å². The zero-order chi connectivity index (χ0) is 20.6. The van der Waals surface area contributed by atoms with Gasteiger partial charge in [0, 0.05) is 5.70 Å². The molecule has 3 fully saturated rings. The van der Waals surface area contributed by atoms with Crippen LogP contribution in [0.3, 0.4) is 0 Å². The minimum Gasteiger partial charge on any atom is -0.274 e. The van der Waals surface area contributed by atoms with Crippen LogP contribution in [-0.2, 0) is 19.2 Å². The Kier molecular flexibility index (Phi) is 5.31. The second-order valence-corrected chi connectivity index (χ2v) is 7.17. The minimum atomic E-state index is -0.589. The molecule has 6 heteroatoms. The normalized spacial score (nSPS) is 30.9. The van der Waals surface area contributed by atoms with Gasteiger partial charge >= 0.3 is 0 Å². The summed E-state index contributed by atoms with van der Waals surface area (Å²) in [6.45, 7) is 10.8. The number of amides is 4. The molecule has 146 valence electrons. The topological polar surface area (TPSA) is 74.8 Å². The number of hydrogen-bond acceptors (Lipinski definition) is 4. The Bertz CT molecular complexity index is 822. The van der Waals surface area contributed by atoms with E-state index in [1.165, 1.54) is 17.1 Å². The molecule has 0 bridgehead atoms. The van der Waals surface area contributed by atoms with Gasteiger partial charge in [0.1, 0.15) is 0 Å². The monoisotopic (exact) mass is 380 g/mol. The van der Waals surface area contributed by atoms with Crippen molar-refractivity contribution in [1.29, 1.82) is 0 Å². The van der Waals surface area contributed by atoms with Crippen LogP contribution in [0, 0.1) is 23.7 Å². The lowest BCUT2D eigenvalue weighted by molar-refractivity contribution is -0.137. The molecular formula is C22H24N2O4. The zero-order valence-electron chi connectivity index (χ0n) is 16.1. The number of nitrogens with zero attached hydrogens (tertiary/aromatic N) is 2. The van der Waals surface area contributed by atoms with Crippen molar-refractivity contribution in [2.75, 3.05) is 0 Å². The number of carbonyl (C=O) groups excluding carboxylic acids is 4. The van der Waals surface area contributed by atoms with Crippen LogP contribution in [0.1, 0.15) is 26.7 Å². The van der Waals surface area contributed by atoms with Crippen molar-refractivity contribution in [3.05, 3.63) is 61.0 Å². The molecule has 0 aromatic heterocycles. The van der Waals surface area contributed by atoms with Crippen molar-refractivity contribution in [3.63, 3.8) is 0 Å². The lowest BCUT2D eigenvalue weighted by Gasteiger charge is -2.28. The van der Waals surface area contributed by atoms with Crippen LogP contribution in [0.15, 0.2) is 61.0 Å². The van der Waals surface area contributed by atoms with E-state index in [0.717, 1.165) is 4.90 Å². The Balaban J connectivity index is 1.92. The molecule has 0 aromatic rings. The Labute approximate surface area is 164 Å². The van der Waals surface area contributed by atoms with E-state index < -0.39 is 23.7 Å². The minimum absolute atomic E-state index is 0.211. The number of likely N-dealkylation sites (tertiary alicyclic amines) is 2. The maximum absolute atomic E-state index is 13.0. The standard InChI is InChI=1S/C22H24N2O4/c1-5-9-13(7-3)23-19(25)15-11-17-18(12-16(15)20(23)26)22(28)24(21(17)27)14(8-4)10-6-2/h5-10,15-18H,1,3,11-12H2,2,4H3/b10-6-,13-9+,14-8+. The Hall–Kier alpha value is -3.02. The first-order valence-electron chi connectivity index (χ1n) is 9.41. The highest BCUT2D eigenvalue weighted by Crippen LogP contribution is 2.49. The maximum Gasteiger partial charge on any atom is 0.237 e. The van der Waals surface area contributed by atoms with Crippen LogP contribution in [0.5, 0.6) is 0 Å². The van der Waals surface area contributed by atoms with Crippen LogP contribution in [-0.4, -0.2) is 33.4 Å². The largest absolute Gasteiger partial charge is 0.274 e. The third-order valence-electron chi connectivity index (χ3n) is 5.78. The number of allylic oxidation sites excluding steroid dienone is 6. The highest BCUT2D eigenvalue weighted by molar-refractivity contribution is 6.11. The summed E-state index contributed by atoms with van der Waals surface area (Å²) in [6, 6.07) is 0. The van der Waals surface area contributed by atoms with Crippen molar-refractivity contribution in [2.45, 2.75) is 26.7 Å². The number of imide groups is 2. The fourth-order valence-electron chi connectivity index (χ4n) is 4.51. The highest BCUT2D eigenvalue weighted by atomic mass is 16.2. The fraction of sp³-hybridized carbons (Fsp3) is 0.364. The summed E-state index contributed by atoms with van der Waals surface area (Å²) in [6.07, 6.45) is 10.1. The zero-order valence-corrected chi connectivity index (χ0v) is 16.1. The third kappa shape index (κ3) is 2.80. The molecule has 4 atom stereocenters. The van der Waals surface area contributed by atoms with Gasteiger partial charge in [0.25, 0.3) is 0 Å². The molecule has 3 aliphatic rings. The molecule has 0 radical (unpaired) electrons. The Morgan fingerprint density at radius 3 is 1.57 bits per heavy atom. The highest BCUT2D eigenvalue weighted by Gasteiger charge is 2.60. The molecule has 4 unspecified atom stereocenters. The van der Waals surface area contributed by atoms with Gasteiger partial charge in [-0.1, -0.05) is 31.4 Å². The summed E-state index contributed by atoms with van der Waals surface area (Å²) < 4.78 is 0.